The van der Waals surface area contributed by atoms with E-state index >= 15 is 0 Å². The number of hydrogen-bond acceptors (Lipinski definition) is 2. The molecule has 1 unspecified atom stereocenters. The van der Waals surface area contributed by atoms with Crippen molar-refractivity contribution in [2.24, 2.45) is 0 Å². The van der Waals surface area contributed by atoms with Gasteiger partial charge in [-0.3, -0.25) is 5.32 Å². The molecule has 1 aliphatic heterocycles. The summed E-state index contributed by atoms with van der Waals surface area (Å²) in [6, 6.07) is 9.14. The summed E-state index contributed by atoms with van der Waals surface area (Å²) in [6.07, 6.45) is 4.19. The molecule has 0 bridgehead atoms. The van der Waals surface area contributed by atoms with E-state index in [9.17, 15) is 0 Å². The van der Waals surface area contributed by atoms with Gasteiger partial charge in [-0.15, -0.1) is 4.98 Å². The van der Waals surface area contributed by atoms with Crippen molar-refractivity contribution < 1.29 is 4.57 Å². The predicted molar refractivity (Wildman–Crippen MR) is 70.4 cm³/mol. The van der Waals surface area contributed by atoms with E-state index in [1.165, 1.54) is 28.2 Å². The number of nitrogens with zero attached hydrogens (tertiary/aromatic N) is 2. The van der Waals surface area contributed by atoms with E-state index in [-0.39, 0.29) is 0 Å². The van der Waals surface area contributed by atoms with Gasteiger partial charge in [0.15, 0.2) is 5.69 Å². The molecule has 2 aromatic rings. The van der Waals surface area contributed by atoms with Crippen LogP contribution in [0.4, 0.5) is 5.82 Å². The molecule has 3 heteroatoms. The Morgan fingerprint density at radius 2 is 2.17 bits per heavy atom. The summed E-state index contributed by atoms with van der Waals surface area (Å²) in [5.74, 6) is 1.28. The molecule has 1 atom stereocenters. The predicted octanol–water partition coefficient (Wildman–Crippen LogP) is 1.95. The van der Waals surface area contributed by atoms with Gasteiger partial charge < -0.3 is 0 Å². The molecule has 3 nitrogen and oxygen atoms in total. The Kier molecular flexibility index (Phi) is 1.98. The van der Waals surface area contributed by atoms with E-state index in [1.807, 2.05) is 6.33 Å². The highest BCUT2D eigenvalue weighted by Crippen LogP contribution is 2.34. The lowest BCUT2D eigenvalue weighted by molar-refractivity contribution is -0.676. The zero-order chi connectivity index (χ0) is 12.1. The molecule has 0 saturated heterocycles. The smallest absolute Gasteiger partial charge is 0.228 e. The lowest BCUT2D eigenvalue weighted by atomic mass is 9.89. The summed E-state index contributed by atoms with van der Waals surface area (Å²) in [5, 5.41) is 3.58. The average Bonchev–Trinajstić information content (AvgIpc) is 2.79. The van der Waals surface area contributed by atoms with E-state index < -0.39 is 0 Å². The van der Waals surface area contributed by atoms with Crippen molar-refractivity contribution >= 4 is 5.82 Å². The number of aryl methyl sites for hydroxylation is 1. The number of nitrogens with one attached hydrogen (secondary N) is 1. The number of aromatic nitrogens is 2. The lowest BCUT2D eigenvalue weighted by Gasteiger charge is -2.17. The maximum atomic E-state index is 4.69. The Hall–Kier alpha value is -1.90. The largest absolute Gasteiger partial charge is 0.300 e. The van der Waals surface area contributed by atoms with Gasteiger partial charge in [0.25, 0.3) is 0 Å². The van der Waals surface area contributed by atoms with Gasteiger partial charge in [0, 0.05) is 5.56 Å². The van der Waals surface area contributed by atoms with Crippen molar-refractivity contribution in [1.82, 2.24) is 4.98 Å². The fourth-order valence-corrected chi connectivity index (χ4v) is 3.13. The van der Waals surface area contributed by atoms with Gasteiger partial charge in [-0.2, -0.15) is 0 Å². The third kappa shape index (κ3) is 1.30. The van der Waals surface area contributed by atoms with Crippen LogP contribution in [0.1, 0.15) is 18.1 Å². The Labute approximate surface area is 107 Å². The minimum absolute atomic E-state index is 0.510. The van der Waals surface area contributed by atoms with Crippen LogP contribution in [0, 0.1) is 0 Å². The van der Waals surface area contributed by atoms with Crippen LogP contribution >= 0.6 is 0 Å². The van der Waals surface area contributed by atoms with Gasteiger partial charge in [0.05, 0.1) is 5.56 Å². The number of rotatable bonds is 0. The zero-order valence-corrected chi connectivity index (χ0v) is 10.5. The summed E-state index contributed by atoms with van der Waals surface area (Å²) in [5.41, 5.74) is 5.29. The van der Waals surface area contributed by atoms with Crippen LogP contribution in [0.3, 0.4) is 0 Å². The Morgan fingerprint density at radius 1 is 1.28 bits per heavy atom. The second-order valence-corrected chi connectivity index (χ2v) is 5.28. The maximum Gasteiger partial charge on any atom is 0.228 e. The van der Waals surface area contributed by atoms with Gasteiger partial charge >= 0.3 is 0 Å². The monoisotopic (exact) mass is 238 g/mol. The molecule has 90 valence electrons. The molecule has 18 heavy (non-hydrogen) atoms. The van der Waals surface area contributed by atoms with Gasteiger partial charge in [0.2, 0.25) is 12.1 Å². The Balaban J connectivity index is 1.95. The molecule has 1 aliphatic carbocycles. The highest BCUT2D eigenvalue weighted by Gasteiger charge is 2.31. The molecule has 2 heterocycles. The molecule has 1 aromatic heterocycles. The van der Waals surface area contributed by atoms with Gasteiger partial charge in [-0.1, -0.05) is 24.3 Å². The van der Waals surface area contributed by atoms with Crippen LogP contribution in [-0.4, -0.2) is 11.0 Å². The molecule has 0 saturated carbocycles. The van der Waals surface area contributed by atoms with Crippen molar-refractivity contribution in [3.8, 4) is 11.3 Å². The number of hydrogen-bond donors (Lipinski definition) is 1. The molecular formula is C15H16N3+. The van der Waals surface area contributed by atoms with Crippen molar-refractivity contribution in [1.29, 1.82) is 0 Å². The van der Waals surface area contributed by atoms with E-state index in [4.69, 9.17) is 0 Å². The van der Waals surface area contributed by atoms with E-state index in [0.717, 1.165) is 19.4 Å². The normalized spacial score (nSPS) is 19.7. The quantitative estimate of drug-likeness (QED) is 0.711. The van der Waals surface area contributed by atoms with E-state index in [2.05, 4.69) is 46.1 Å². The summed E-state index contributed by atoms with van der Waals surface area (Å²) < 4.78 is 2.25. The number of fused-ring (bicyclic) bond motifs is 5. The molecular weight excluding hydrogens is 222 g/mol. The van der Waals surface area contributed by atoms with Crippen LogP contribution < -0.4 is 9.88 Å². The van der Waals surface area contributed by atoms with Crippen molar-refractivity contribution in [2.45, 2.75) is 32.4 Å². The number of benzene rings is 1. The highest BCUT2D eigenvalue weighted by molar-refractivity contribution is 5.72. The van der Waals surface area contributed by atoms with Crippen LogP contribution in [0.15, 0.2) is 30.6 Å². The first-order chi connectivity index (χ1) is 8.83. The first-order valence-corrected chi connectivity index (χ1v) is 6.59. The van der Waals surface area contributed by atoms with E-state index in [1.54, 1.807) is 0 Å². The Bertz CT molecular complexity index is 634. The third-order valence-corrected chi connectivity index (χ3v) is 3.96. The molecule has 0 radical (unpaired) electrons. The van der Waals surface area contributed by atoms with Crippen molar-refractivity contribution in [3.63, 3.8) is 0 Å². The second kappa shape index (κ2) is 3.55. The van der Waals surface area contributed by atoms with Crippen LogP contribution in [0.25, 0.3) is 11.3 Å². The molecule has 2 aliphatic rings. The minimum atomic E-state index is 0.510. The summed E-state index contributed by atoms with van der Waals surface area (Å²) >= 11 is 0. The minimum Gasteiger partial charge on any atom is -0.300 e. The molecule has 0 fully saturated rings. The lowest BCUT2D eigenvalue weighted by Crippen LogP contribution is -2.34. The number of anilines is 1. The van der Waals surface area contributed by atoms with Gasteiger partial charge in [-0.05, 0) is 25.3 Å². The van der Waals surface area contributed by atoms with Crippen molar-refractivity contribution in [2.75, 3.05) is 5.32 Å². The summed E-state index contributed by atoms with van der Waals surface area (Å²) in [4.78, 5) is 4.69. The fourth-order valence-electron chi connectivity index (χ4n) is 3.13. The second-order valence-electron chi connectivity index (χ2n) is 5.28. The molecule has 0 spiro atoms. The first-order valence-electron chi connectivity index (χ1n) is 6.59. The van der Waals surface area contributed by atoms with Crippen LogP contribution in [0.2, 0.25) is 0 Å². The molecule has 0 amide bonds. The highest BCUT2D eigenvalue weighted by atomic mass is 15.2. The SMILES string of the molecule is CC1C[n+]2cnc3c(c2N1)CCc1ccccc1-3. The zero-order valence-electron chi connectivity index (χ0n) is 10.5. The maximum absolute atomic E-state index is 4.69. The molecule has 4 rings (SSSR count). The Morgan fingerprint density at radius 3 is 3.11 bits per heavy atom. The molecule has 1 N–H and O–H groups in total. The fraction of sp³-hybridized carbons (Fsp3) is 0.333. The summed E-state index contributed by atoms with van der Waals surface area (Å²) in [7, 11) is 0. The van der Waals surface area contributed by atoms with E-state index in [0.29, 0.717) is 6.04 Å². The summed E-state index contributed by atoms with van der Waals surface area (Å²) in [6.45, 7) is 3.24. The van der Waals surface area contributed by atoms with Crippen LogP contribution in [0.5, 0.6) is 0 Å². The molecule has 1 aromatic carbocycles. The topological polar surface area (TPSA) is 28.8 Å². The van der Waals surface area contributed by atoms with Crippen LogP contribution in [-0.2, 0) is 19.4 Å². The first kappa shape index (κ1) is 10.1. The third-order valence-electron chi connectivity index (χ3n) is 3.96. The van der Waals surface area contributed by atoms with Crippen molar-refractivity contribution in [3.05, 3.63) is 41.7 Å². The standard InChI is InChI=1S/C15H15N3/c1-10-8-18-9-16-14-12-5-3-2-4-11(12)6-7-13(14)15(18)17-10/h2-5,9-10H,6-8H2,1H3/p+1. The van der Waals surface area contributed by atoms with Gasteiger partial charge in [0.1, 0.15) is 12.6 Å². The van der Waals surface area contributed by atoms with Gasteiger partial charge in [-0.25, -0.2) is 4.57 Å². The average molecular weight is 238 g/mol.